The van der Waals surface area contributed by atoms with Crippen molar-refractivity contribution in [2.75, 3.05) is 5.32 Å². The molecule has 4 rings (SSSR count). The van der Waals surface area contributed by atoms with E-state index in [-0.39, 0.29) is 5.91 Å². The second kappa shape index (κ2) is 7.42. The summed E-state index contributed by atoms with van der Waals surface area (Å²) >= 11 is 0. The van der Waals surface area contributed by atoms with E-state index < -0.39 is 0 Å². The number of benzene rings is 2. The number of carbonyl (C=O) groups is 1. The molecule has 0 saturated heterocycles. The van der Waals surface area contributed by atoms with Crippen LogP contribution in [0.1, 0.15) is 33.6 Å². The van der Waals surface area contributed by atoms with Crippen molar-refractivity contribution >= 4 is 23.7 Å². The van der Waals surface area contributed by atoms with Crippen LogP contribution in [0.2, 0.25) is 0 Å². The molecule has 0 bridgehead atoms. The number of aromatic nitrogens is 1. The maximum Gasteiger partial charge on any atom is 0.274 e. The van der Waals surface area contributed by atoms with E-state index >= 15 is 0 Å². The monoisotopic (exact) mass is 352 g/mol. The summed E-state index contributed by atoms with van der Waals surface area (Å²) in [7, 11) is 0. The fourth-order valence-corrected chi connectivity index (χ4v) is 3.42. The summed E-state index contributed by atoms with van der Waals surface area (Å²) in [6.45, 7) is 3.74. The molecule has 0 atom stereocenters. The zero-order chi connectivity index (χ0) is 18.6. The molecule has 3 aromatic rings. The summed E-state index contributed by atoms with van der Waals surface area (Å²) in [5, 5.41) is 2.91. The standard InChI is InChI=1S/C24H20N2O/c1-2-17-9-6-16-25-23(17)24(27)26-20-14-12-19(13-15-20)22-11-5-8-18-7-3-4-10-21(18)22/h2,4-6,8-16H,1,3,7H2,(H,26,27). The van der Waals surface area contributed by atoms with Crippen LogP contribution in [0.5, 0.6) is 0 Å². The third-order valence-corrected chi connectivity index (χ3v) is 4.79. The van der Waals surface area contributed by atoms with Gasteiger partial charge in [-0.15, -0.1) is 0 Å². The number of hydrogen-bond donors (Lipinski definition) is 1. The minimum atomic E-state index is -0.238. The zero-order valence-corrected chi connectivity index (χ0v) is 15.0. The number of pyridine rings is 1. The zero-order valence-electron chi connectivity index (χ0n) is 15.0. The van der Waals surface area contributed by atoms with Crippen molar-refractivity contribution < 1.29 is 4.79 Å². The van der Waals surface area contributed by atoms with Gasteiger partial charge in [-0.05, 0) is 53.3 Å². The van der Waals surface area contributed by atoms with E-state index in [4.69, 9.17) is 0 Å². The lowest BCUT2D eigenvalue weighted by atomic mass is 9.90. The lowest BCUT2D eigenvalue weighted by Crippen LogP contribution is -2.15. The van der Waals surface area contributed by atoms with Crippen molar-refractivity contribution in [3.8, 4) is 11.1 Å². The molecule has 0 radical (unpaired) electrons. The highest BCUT2D eigenvalue weighted by Crippen LogP contribution is 2.31. The average Bonchev–Trinajstić information content (AvgIpc) is 2.74. The molecule has 0 unspecified atom stereocenters. The number of fused-ring (bicyclic) bond motifs is 1. The fourth-order valence-electron chi connectivity index (χ4n) is 3.42. The molecule has 0 spiro atoms. The van der Waals surface area contributed by atoms with Crippen LogP contribution in [0, 0.1) is 0 Å². The molecule has 0 fully saturated rings. The summed E-state index contributed by atoms with van der Waals surface area (Å²) in [5.41, 5.74) is 6.88. The second-order valence-corrected chi connectivity index (χ2v) is 6.50. The number of anilines is 1. The van der Waals surface area contributed by atoms with Crippen molar-refractivity contribution in [2.24, 2.45) is 0 Å². The maximum atomic E-state index is 12.5. The number of allylic oxidation sites excluding steroid dienone is 1. The molecule has 1 aromatic heterocycles. The van der Waals surface area contributed by atoms with Gasteiger partial charge in [-0.1, -0.05) is 61.2 Å². The second-order valence-electron chi connectivity index (χ2n) is 6.50. The minimum Gasteiger partial charge on any atom is -0.321 e. The van der Waals surface area contributed by atoms with E-state index in [1.165, 1.54) is 16.7 Å². The highest BCUT2D eigenvalue weighted by atomic mass is 16.1. The van der Waals surface area contributed by atoms with E-state index in [1.54, 1.807) is 18.3 Å². The third-order valence-electron chi connectivity index (χ3n) is 4.79. The van der Waals surface area contributed by atoms with Gasteiger partial charge in [-0.2, -0.15) is 0 Å². The molecule has 1 aliphatic rings. The van der Waals surface area contributed by atoms with Crippen molar-refractivity contribution in [1.82, 2.24) is 4.98 Å². The Kier molecular flexibility index (Phi) is 4.67. The summed E-state index contributed by atoms with van der Waals surface area (Å²) in [5.74, 6) is -0.238. The summed E-state index contributed by atoms with van der Waals surface area (Å²) < 4.78 is 0. The van der Waals surface area contributed by atoms with Gasteiger partial charge >= 0.3 is 0 Å². The molecule has 1 amide bonds. The number of nitrogens with zero attached hydrogens (tertiary/aromatic N) is 1. The first kappa shape index (κ1) is 17.0. The van der Waals surface area contributed by atoms with E-state index in [0.29, 0.717) is 11.3 Å². The molecule has 0 saturated carbocycles. The van der Waals surface area contributed by atoms with Crippen molar-refractivity contribution in [1.29, 1.82) is 0 Å². The fraction of sp³-hybridized carbons (Fsp3) is 0.0833. The molecular formula is C24H20N2O. The Morgan fingerprint density at radius 3 is 2.74 bits per heavy atom. The quantitative estimate of drug-likeness (QED) is 0.664. The number of aryl methyl sites for hydroxylation is 1. The van der Waals surface area contributed by atoms with Gasteiger partial charge in [0.25, 0.3) is 5.91 Å². The maximum absolute atomic E-state index is 12.5. The Bertz CT molecular complexity index is 1030. The Morgan fingerprint density at radius 2 is 1.93 bits per heavy atom. The predicted molar refractivity (Wildman–Crippen MR) is 112 cm³/mol. The Labute approximate surface area is 159 Å². The van der Waals surface area contributed by atoms with Crippen molar-refractivity contribution in [2.45, 2.75) is 12.8 Å². The summed E-state index contributed by atoms with van der Waals surface area (Å²) in [6.07, 6.45) is 9.87. The van der Waals surface area contributed by atoms with Crippen LogP contribution in [-0.4, -0.2) is 10.9 Å². The molecular weight excluding hydrogens is 332 g/mol. The van der Waals surface area contributed by atoms with Crippen LogP contribution in [0.3, 0.4) is 0 Å². The Morgan fingerprint density at radius 1 is 1.07 bits per heavy atom. The van der Waals surface area contributed by atoms with E-state index in [9.17, 15) is 4.79 Å². The van der Waals surface area contributed by atoms with Crippen LogP contribution in [0.25, 0.3) is 23.3 Å². The van der Waals surface area contributed by atoms with Gasteiger partial charge in [0.05, 0.1) is 0 Å². The lowest BCUT2D eigenvalue weighted by molar-refractivity contribution is 0.102. The SMILES string of the molecule is C=Cc1cccnc1C(=O)Nc1ccc(-c2cccc3c2C=CCC3)cc1. The largest absolute Gasteiger partial charge is 0.321 e. The Hall–Kier alpha value is -3.46. The van der Waals surface area contributed by atoms with Crippen LogP contribution < -0.4 is 5.32 Å². The van der Waals surface area contributed by atoms with Gasteiger partial charge < -0.3 is 5.32 Å². The molecule has 0 aliphatic heterocycles. The van der Waals surface area contributed by atoms with Gasteiger partial charge in [0, 0.05) is 17.4 Å². The average molecular weight is 352 g/mol. The van der Waals surface area contributed by atoms with E-state index in [1.807, 2.05) is 30.3 Å². The Balaban J connectivity index is 1.58. The van der Waals surface area contributed by atoms with Gasteiger partial charge in [0.1, 0.15) is 5.69 Å². The van der Waals surface area contributed by atoms with E-state index in [0.717, 1.165) is 24.1 Å². The topological polar surface area (TPSA) is 42.0 Å². The number of carbonyl (C=O) groups excluding carboxylic acids is 1. The van der Waals surface area contributed by atoms with Crippen LogP contribution in [-0.2, 0) is 6.42 Å². The number of hydrogen-bond acceptors (Lipinski definition) is 2. The molecule has 1 N–H and O–H groups in total. The van der Waals surface area contributed by atoms with Gasteiger partial charge in [0.2, 0.25) is 0 Å². The first-order valence-corrected chi connectivity index (χ1v) is 9.04. The van der Waals surface area contributed by atoms with Crippen molar-refractivity contribution in [3.63, 3.8) is 0 Å². The lowest BCUT2D eigenvalue weighted by Gasteiger charge is -2.15. The summed E-state index contributed by atoms with van der Waals surface area (Å²) in [6, 6.07) is 18.0. The smallest absolute Gasteiger partial charge is 0.274 e. The normalized spacial score (nSPS) is 12.3. The number of amides is 1. The molecule has 27 heavy (non-hydrogen) atoms. The molecule has 3 nitrogen and oxygen atoms in total. The van der Waals surface area contributed by atoms with Crippen molar-refractivity contribution in [3.05, 3.63) is 95.8 Å². The molecule has 2 aromatic carbocycles. The number of nitrogens with one attached hydrogen (secondary N) is 1. The van der Waals surface area contributed by atoms with Gasteiger partial charge in [-0.3, -0.25) is 9.78 Å². The molecule has 3 heteroatoms. The van der Waals surface area contributed by atoms with Crippen LogP contribution in [0.4, 0.5) is 5.69 Å². The number of rotatable bonds is 4. The molecule has 132 valence electrons. The van der Waals surface area contributed by atoms with Crippen LogP contribution >= 0.6 is 0 Å². The molecule has 1 aliphatic carbocycles. The highest BCUT2D eigenvalue weighted by Gasteiger charge is 2.13. The van der Waals surface area contributed by atoms with Crippen LogP contribution in [0.15, 0.2) is 73.4 Å². The molecule has 1 heterocycles. The first-order chi connectivity index (χ1) is 13.3. The first-order valence-electron chi connectivity index (χ1n) is 9.04. The highest BCUT2D eigenvalue weighted by molar-refractivity contribution is 6.05. The van der Waals surface area contributed by atoms with Gasteiger partial charge in [-0.25, -0.2) is 0 Å². The predicted octanol–water partition coefficient (Wildman–Crippen LogP) is 5.60. The third kappa shape index (κ3) is 3.44. The summed E-state index contributed by atoms with van der Waals surface area (Å²) in [4.78, 5) is 16.7. The van der Waals surface area contributed by atoms with E-state index in [2.05, 4.69) is 47.2 Å². The van der Waals surface area contributed by atoms with Gasteiger partial charge in [0.15, 0.2) is 0 Å². The minimum absolute atomic E-state index is 0.238.